The van der Waals surface area contributed by atoms with Crippen LogP contribution in [0.15, 0.2) is 16.6 Å². The molecule has 23 heavy (non-hydrogen) atoms. The average Bonchev–Trinajstić information content (AvgIpc) is 2.48. The van der Waals surface area contributed by atoms with Gasteiger partial charge in [0, 0.05) is 30.7 Å². The summed E-state index contributed by atoms with van der Waals surface area (Å²) < 4.78 is 51.5. The van der Waals surface area contributed by atoms with E-state index in [0.29, 0.717) is 36.4 Å². The number of ether oxygens (including phenoxy) is 2. The van der Waals surface area contributed by atoms with E-state index in [2.05, 4.69) is 21.2 Å². The van der Waals surface area contributed by atoms with Crippen LogP contribution in [-0.2, 0) is 0 Å². The number of rotatable bonds is 4. The molecule has 0 aromatic heterocycles. The molecule has 0 bridgehead atoms. The first-order chi connectivity index (χ1) is 10.4. The van der Waals surface area contributed by atoms with E-state index >= 15 is 0 Å². The summed E-state index contributed by atoms with van der Waals surface area (Å²) in [6, 6.07) is 1.22. The second-order valence-electron chi connectivity index (χ2n) is 4.96. The molecule has 1 aromatic carbocycles. The molecule has 0 aliphatic carbocycles. The maximum Gasteiger partial charge on any atom is 0.408 e. The normalized spacial score (nSPS) is 17.3. The molecule has 0 spiro atoms. The summed E-state index contributed by atoms with van der Waals surface area (Å²) in [5, 5.41) is 3.06. The van der Waals surface area contributed by atoms with Gasteiger partial charge in [0.25, 0.3) is 0 Å². The van der Waals surface area contributed by atoms with Crippen molar-refractivity contribution in [2.24, 2.45) is 0 Å². The number of nitrogens with zero attached hydrogens (tertiary/aromatic N) is 1. The van der Waals surface area contributed by atoms with Crippen LogP contribution in [0.5, 0.6) is 11.5 Å². The third-order valence-electron chi connectivity index (χ3n) is 3.62. The van der Waals surface area contributed by atoms with Crippen LogP contribution in [0.25, 0.3) is 0 Å². The lowest BCUT2D eigenvalue weighted by Crippen LogP contribution is -2.49. The number of hydrogen-bond acceptors (Lipinski definition) is 4. The highest BCUT2D eigenvalue weighted by Gasteiger charge is 2.46. The Balaban J connectivity index is 0.00000264. The van der Waals surface area contributed by atoms with Crippen molar-refractivity contribution < 1.29 is 22.6 Å². The van der Waals surface area contributed by atoms with Crippen molar-refractivity contribution in [2.75, 3.05) is 40.4 Å². The Morgan fingerprint density at radius 1 is 1.13 bits per heavy atom. The number of nitrogens with one attached hydrogen (secondary N) is 1. The van der Waals surface area contributed by atoms with Gasteiger partial charge >= 0.3 is 6.18 Å². The molecule has 1 N–H and O–H groups in total. The Kier molecular flexibility index (Phi) is 7.44. The van der Waals surface area contributed by atoms with E-state index in [9.17, 15) is 13.2 Å². The SMILES string of the molecule is COc1cc(Br)c([C@H](N2CCNCC2)C(F)(F)F)cc1OC.Cl. The summed E-state index contributed by atoms with van der Waals surface area (Å²) in [5.41, 5.74) is 0.132. The minimum absolute atomic E-state index is 0. The predicted octanol–water partition coefficient (Wildman–Crippen LogP) is 3.40. The second kappa shape index (κ2) is 8.41. The highest BCUT2D eigenvalue weighted by molar-refractivity contribution is 9.10. The molecule has 1 aliphatic rings. The molecule has 0 radical (unpaired) electrons. The van der Waals surface area contributed by atoms with Gasteiger partial charge in [-0.3, -0.25) is 4.90 Å². The van der Waals surface area contributed by atoms with Crippen molar-refractivity contribution in [3.8, 4) is 11.5 Å². The van der Waals surface area contributed by atoms with E-state index in [1.54, 1.807) is 0 Å². The van der Waals surface area contributed by atoms with Gasteiger partial charge in [-0.1, -0.05) is 15.9 Å². The quantitative estimate of drug-likeness (QED) is 0.811. The molecule has 1 fully saturated rings. The zero-order valence-electron chi connectivity index (χ0n) is 12.7. The Hall–Kier alpha value is -0.700. The van der Waals surface area contributed by atoms with Crippen LogP contribution in [0.1, 0.15) is 11.6 Å². The molecule has 0 amide bonds. The number of piperazine rings is 1. The molecule has 0 saturated carbocycles. The maximum absolute atomic E-state index is 13.6. The third-order valence-corrected chi connectivity index (χ3v) is 4.31. The van der Waals surface area contributed by atoms with Gasteiger partial charge in [0.15, 0.2) is 11.5 Å². The van der Waals surface area contributed by atoms with Crippen LogP contribution >= 0.6 is 28.3 Å². The zero-order valence-corrected chi connectivity index (χ0v) is 15.1. The van der Waals surface area contributed by atoms with Gasteiger partial charge in [0.2, 0.25) is 0 Å². The molecule has 1 atom stereocenters. The summed E-state index contributed by atoms with van der Waals surface area (Å²) in [7, 11) is 2.85. The maximum atomic E-state index is 13.6. The van der Waals surface area contributed by atoms with Crippen molar-refractivity contribution >= 4 is 28.3 Å². The number of methoxy groups -OCH3 is 2. The molecule has 4 nitrogen and oxygen atoms in total. The lowest BCUT2D eigenvalue weighted by Gasteiger charge is -2.36. The first kappa shape index (κ1) is 20.3. The summed E-state index contributed by atoms with van der Waals surface area (Å²) in [6.07, 6.45) is -4.38. The van der Waals surface area contributed by atoms with Gasteiger partial charge < -0.3 is 14.8 Å². The summed E-state index contributed by atoms with van der Waals surface area (Å²) in [5.74, 6) is 0.671. The number of hydrogen-bond donors (Lipinski definition) is 1. The molecule has 2 rings (SSSR count). The first-order valence-electron chi connectivity index (χ1n) is 6.81. The Morgan fingerprint density at radius 2 is 1.65 bits per heavy atom. The fourth-order valence-corrected chi connectivity index (χ4v) is 3.14. The van der Waals surface area contributed by atoms with Crippen LogP contribution in [0.3, 0.4) is 0 Å². The van der Waals surface area contributed by atoms with Crippen LogP contribution in [0.2, 0.25) is 0 Å². The minimum Gasteiger partial charge on any atom is -0.493 e. The van der Waals surface area contributed by atoms with E-state index in [1.165, 1.54) is 31.3 Å². The number of halogens is 5. The fraction of sp³-hybridized carbons (Fsp3) is 0.571. The highest BCUT2D eigenvalue weighted by Crippen LogP contribution is 2.44. The first-order valence-corrected chi connectivity index (χ1v) is 7.60. The molecule has 1 aromatic rings. The van der Waals surface area contributed by atoms with Crippen molar-refractivity contribution in [2.45, 2.75) is 12.2 Å². The van der Waals surface area contributed by atoms with Crippen LogP contribution in [0.4, 0.5) is 13.2 Å². The fourth-order valence-electron chi connectivity index (χ4n) is 2.60. The van der Waals surface area contributed by atoms with Gasteiger partial charge in [0.1, 0.15) is 6.04 Å². The summed E-state index contributed by atoms with van der Waals surface area (Å²) in [6.45, 7) is 1.75. The Morgan fingerprint density at radius 3 is 2.13 bits per heavy atom. The minimum atomic E-state index is -4.38. The van der Waals surface area contributed by atoms with Crippen molar-refractivity contribution in [3.05, 3.63) is 22.2 Å². The molecule has 9 heteroatoms. The van der Waals surface area contributed by atoms with Crippen LogP contribution in [0, 0.1) is 0 Å². The van der Waals surface area contributed by atoms with E-state index in [4.69, 9.17) is 9.47 Å². The Labute approximate surface area is 147 Å². The molecule has 1 aliphatic heterocycles. The molecule has 1 heterocycles. The molecular formula is C14H19BrClF3N2O2. The Bertz CT molecular complexity index is 525. The molecule has 132 valence electrons. The second-order valence-corrected chi connectivity index (χ2v) is 5.81. The monoisotopic (exact) mass is 418 g/mol. The lowest BCUT2D eigenvalue weighted by atomic mass is 10.0. The van der Waals surface area contributed by atoms with E-state index in [0.717, 1.165) is 0 Å². The highest BCUT2D eigenvalue weighted by atomic mass is 79.9. The van der Waals surface area contributed by atoms with E-state index in [-0.39, 0.29) is 23.7 Å². The van der Waals surface area contributed by atoms with Gasteiger partial charge in [0.05, 0.1) is 14.2 Å². The topological polar surface area (TPSA) is 33.7 Å². The van der Waals surface area contributed by atoms with Crippen LogP contribution in [-0.4, -0.2) is 51.5 Å². The predicted molar refractivity (Wildman–Crippen MR) is 87.7 cm³/mol. The van der Waals surface area contributed by atoms with Crippen molar-refractivity contribution in [1.29, 1.82) is 0 Å². The summed E-state index contributed by atoms with van der Waals surface area (Å²) >= 11 is 3.23. The standard InChI is InChI=1S/C14H18BrF3N2O2.ClH/c1-21-11-7-9(10(15)8-12(11)22-2)13(14(16,17)18)20-5-3-19-4-6-20;/h7-8,13,19H,3-6H2,1-2H3;1H/t13-;/m0./s1. The van der Waals surface area contributed by atoms with Gasteiger partial charge in [-0.25, -0.2) is 0 Å². The smallest absolute Gasteiger partial charge is 0.408 e. The van der Waals surface area contributed by atoms with Crippen molar-refractivity contribution in [3.63, 3.8) is 0 Å². The van der Waals surface area contributed by atoms with Crippen LogP contribution < -0.4 is 14.8 Å². The molecular weight excluding hydrogens is 401 g/mol. The van der Waals surface area contributed by atoms with Gasteiger partial charge in [-0.15, -0.1) is 12.4 Å². The molecule has 1 saturated heterocycles. The number of alkyl halides is 3. The van der Waals surface area contributed by atoms with E-state index in [1.807, 2.05) is 0 Å². The number of benzene rings is 1. The third kappa shape index (κ3) is 4.65. The zero-order chi connectivity index (χ0) is 16.3. The lowest BCUT2D eigenvalue weighted by molar-refractivity contribution is -0.188. The summed E-state index contributed by atoms with van der Waals surface area (Å²) in [4.78, 5) is 1.43. The van der Waals surface area contributed by atoms with Crippen molar-refractivity contribution in [1.82, 2.24) is 10.2 Å². The van der Waals surface area contributed by atoms with Gasteiger partial charge in [-0.2, -0.15) is 13.2 Å². The van der Waals surface area contributed by atoms with Gasteiger partial charge in [-0.05, 0) is 17.7 Å². The average molecular weight is 420 g/mol. The molecule has 0 unspecified atom stereocenters. The van der Waals surface area contributed by atoms with E-state index < -0.39 is 12.2 Å². The largest absolute Gasteiger partial charge is 0.493 e.